The molecule has 0 bridgehead atoms. The van der Waals surface area contributed by atoms with Crippen LogP contribution < -0.4 is 10.1 Å². The van der Waals surface area contributed by atoms with Gasteiger partial charge in [0.1, 0.15) is 23.7 Å². The number of benzene rings is 1. The highest BCUT2D eigenvalue weighted by molar-refractivity contribution is 5.94. The molecule has 0 spiro atoms. The van der Waals surface area contributed by atoms with Crippen molar-refractivity contribution in [3.8, 4) is 5.75 Å². The molecule has 0 atom stereocenters. The normalized spacial score (nSPS) is 13.8. The molecule has 1 aromatic carbocycles. The lowest BCUT2D eigenvalue weighted by Gasteiger charge is -2.14. The van der Waals surface area contributed by atoms with E-state index in [1.807, 2.05) is 37.3 Å². The van der Waals surface area contributed by atoms with E-state index in [0.29, 0.717) is 25.4 Å². The van der Waals surface area contributed by atoms with Gasteiger partial charge in [0.15, 0.2) is 0 Å². The molecule has 0 unspecified atom stereocenters. The highest BCUT2D eigenvalue weighted by atomic mass is 16.5. The number of rotatable bonds is 3. The smallest absolute Gasteiger partial charge is 0.269 e. The number of amides is 1. The van der Waals surface area contributed by atoms with Crippen molar-refractivity contribution in [1.82, 2.24) is 15.1 Å². The maximum absolute atomic E-state index is 11.8. The Bertz CT molecular complexity index is 605. The maximum atomic E-state index is 11.8. The fourth-order valence-corrected chi connectivity index (χ4v) is 2.21. The monoisotopic (exact) mass is 257 g/mol. The standard InChI is InChI=1S/C14H15N3O2/c1-10-12(9-19-11-5-3-2-4-6-11)16-17-8-7-15-14(18)13(10)17/h2-6H,7-9H2,1H3,(H,15,18). The van der Waals surface area contributed by atoms with Crippen molar-refractivity contribution in [3.05, 3.63) is 47.3 Å². The van der Waals surface area contributed by atoms with Crippen LogP contribution in [0.15, 0.2) is 30.3 Å². The van der Waals surface area contributed by atoms with Crippen LogP contribution in [-0.2, 0) is 13.2 Å². The molecule has 0 aliphatic carbocycles. The van der Waals surface area contributed by atoms with E-state index in [4.69, 9.17) is 4.74 Å². The number of hydrogen-bond donors (Lipinski definition) is 1. The van der Waals surface area contributed by atoms with Gasteiger partial charge in [-0.05, 0) is 19.1 Å². The number of fused-ring (bicyclic) bond motifs is 1. The van der Waals surface area contributed by atoms with E-state index in [2.05, 4.69) is 10.4 Å². The van der Waals surface area contributed by atoms with Crippen LogP contribution in [0.4, 0.5) is 0 Å². The van der Waals surface area contributed by atoms with Crippen LogP contribution >= 0.6 is 0 Å². The van der Waals surface area contributed by atoms with E-state index >= 15 is 0 Å². The van der Waals surface area contributed by atoms with Gasteiger partial charge in [-0.1, -0.05) is 18.2 Å². The van der Waals surface area contributed by atoms with E-state index in [1.54, 1.807) is 4.68 Å². The molecule has 2 heterocycles. The summed E-state index contributed by atoms with van der Waals surface area (Å²) < 4.78 is 7.44. The first-order valence-electron chi connectivity index (χ1n) is 6.28. The van der Waals surface area contributed by atoms with Gasteiger partial charge in [0.05, 0.1) is 6.54 Å². The Labute approximate surface area is 111 Å². The first-order valence-corrected chi connectivity index (χ1v) is 6.28. The molecule has 19 heavy (non-hydrogen) atoms. The minimum Gasteiger partial charge on any atom is -0.487 e. The molecule has 1 N–H and O–H groups in total. The van der Waals surface area contributed by atoms with E-state index in [1.165, 1.54) is 0 Å². The molecule has 1 aliphatic heterocycles. The van der Waals surface area contributed by atoms with Gasteiger partial charge in [-0.25, -0.2) is 0 Å². The van der Waals surface area contributed by atoms with Crippen molar-refractivity contribution in [2.45, 2.75) is 20.1 Å². The van der Waals surface area contributed by atoms with Gasteiger partial charge < -0.3 is 10.1 Å². The molecule has 5 nitrogen and oxygen atoms in total. The van der Waals surface area contributed by atoms with Crippen LogP contribution in [-0.4, -0.2) is 22.2 Å². The molecule has 0 fully saturated rings. The van der Waals surface area contributed by atoms with Crippen molar-refractivity contribution in [2.75, 3.05) is 6.54 Å². The zero-order valence-electron chi connectivity index (χ0n) is 10.7. The van der Waals surface area contributed by atoms with Gasteiger partial charge in [0.2, 0.25) is 0 Å². The molecule has 1 aliphatic rings. The third-order valence-electron chi connectivity index (χ3n) is 3.23. The van der Waals surface area contributed by atoms with Crippen LogP contribution in [0.25, 0.3) is 0 Å². The molecule has 2 aromatic rings. The van der Waals surface area contributed by atoms with Crippen molar-refractivity contribution >= 4 is 5.91 Å². The second-order valence-corrected chi connectivity index (χ2v) is 4.50. The predicted molar refractivity (Wildman–Crippen MR) is 70.1 cm³/mol. The highest BCUT2D eigenvalue weighted by Gasteiger charge is 2.23. The van der Waals surface area contributed by atoms with Gasteiger partial charge >= 0.3 is 0 Å². The first-order chi connectivity index (χ1) is 9.25. The highest BCUT2D eigenvalue weighted by Crippen LogP contribution is 2.18. The van der Waals surface area contributed by atoms with Gasteiger partial charge in [-0.2, -0.15) is 5.10 Å². The fourth-order valence-electron chi connectivity index (χ4n) is 2.21. The lowest BCUT2D eigenvalue weighted by molar-refractivity contribution is 0.0923. The minimum absolute atomic E-state index is 0.0535. The largest absolute Gasteiger partial charge is 0.487 e. The minimum atomic E-state index is -0.0535. The Kier molecular flexibility index (Phi) is 2.95. The topological polar surface area (TPSA) is 56.2 Å². The Morgan fingerprint density at radius 1 is 1.37 bits per heavy atom. The summed E-state index contributed by atoms with van der Waals surface area (Å²) in [5, 5.41) is 7.27. The number of nitrogens with one attached hydrogen (secondary N) is 1. The summed E-state index contributed by atoms with van der Waals surface area (Å²) in [5.74, 6) is 0.750. The zero-order chi connectivity index (χ0) is 13.2. The number of aromatic nitrogens is 2. The lowest BCUT2D eigenvalue weighted by Crippen LogP contribution is -2.35. The third kappa shape index (κ3) is 2.19. The van der Waals surface area contributed by atoms with E-state index in [-0.39, 0.29) is 5.91 Å². The molecule has 0 saturated heterocycles. The van der Waals surface area contributed by atoms with Gasteiger partial charge in [0.25, 0.3) is 5.91 Å². The maximum Gasteiger partial charge on any atom is 0.269 e. The zero-order valence-corrected chi connectivity index (χ0v) is 10.7. The quantitative estimate of drug-likeness (QED) is 0.907. The summed E-state index contributed by atoms with van der Waals surface area (Å²) in [4.78, 5) is 11.8. The Hall–Kier alpha value is -2.30. The van der Waals surface area contributed by atoms with Gasteiger partial charge in [0, 0.05) is 12.1 Å². The van der Waals surface area contributed by atoms with Crippen molar-refractivity contribution in [1.29, 1.82) is 0 Å². The molecule has 1 amide bonds. The van der Waals surface area contributed by atoms with Gasteiger partial charge in [-0.15, -0.1) is 0 Å². The van der Waals surface area contributed by atoms with E-state index in [9.17, 15) is 4.79 Å². The number of carbonyl (C=O) groups is 1. The Morgan fingerprint density at radius 3 is 2.89 bits per heavy atom. The lowest BCUT2D eigenvalue weighted by atomic mass is 10.2. The molecule has 98 valence electrons. The molecule has 0 radical (unpaired) electrons. The number of hydrogen-bond acceptors (Lipinski definition) is 3. The molecular formula is C14H15N3O2. The van der Waals surface area contributed by atoms with Crippen LogP contribution in [0, 0.1) is 6.92 Å². The second-order valence-electron chi connectivity index (χ2n) is 4.50. The van der Waals surface area contributed by atoms with Crippen molar-refractivity contribution in [3.63, 3.8) is 0 Å². The molecule has 1 aromatic heterocycles. The summed E-state index contributed by atoms with van der Waals surface area (Å²) in [7, 11) is 0. The predicted octanol–water partition coefficient (Wildman–Crippen LogP) is 1.51. The molecule has 5 heteroatoms. The van der Waals surface area contributed by atoms with Crippen LogP contribution in [0.1, 0.15) is 21.7 Å². The molecule has 0 saturated carbocycles. The summed E-state index contributed by atoms with van der Waals surface area (Å²) in [6, 6.07) is 9.59. The average molecular weight is 257 g/mol. The Morgan fingerprint density at radius 2 is 2.16 bits per heavy atom. The van der Waals surface area contributed by atoms with Gasteiger partial charge in [-0.3, -0.25) is 9.48 Å². The number of para-hydroxylation sites is 1. The van der Waals surface area contributed by atoms with Crippen molar-refractivity contribution in [2.24, 2.45) is 0 Å². The summed E-state index contributed by atoms with van der Waals surface area (Å²) >= 11 is 0. The number of ether oxygens (including phenoxy) is 1. The Balaban J connectivity index is 1.81. The van der Waals surface area contributed by atoms with Crippen LogP contribution in [0.2, 0.25) is 0 Å². The summed E-state index contributed by atoms with van der Waals surface area (Å²) in [6.45, 7) is 3.63. The number of carbonyl (C=O) groups excluding carboxylic acids is 1. The number of nitrogens with zero attached hydrogens (tertiary/aromatic N) is 2. The summed E-state index contributed by atoms with van der Waals surface area (Å²) in [6.07, 6.45) is 0. The first kappa shape index (κ1) is 11.8. The molecule has 3 rings (SSSR count). The SMILES string of the molecule is Cc1c(COc2ccccc2)nn2c1C(=O)NCC2. The fraction of sp³-hybridized carbons (Fsp3) is 0.286. The third-order valence-corrected chi connectivity index (χ3v) is 3.23. The molecular weight excluding hydrogens is 242 g/mol. The average Bonchev–Trinajstić information content (AvgIpc) is 2.76. The van der Waals surface area contributed by atoms with E-state index in [0.717, 1.165) is 17.0 Å². The van der Waals surface area contributed by atoms with Crippen LogP contribution in [0.5, 0.6) is 5.75 Å². The van der Waals surface area contributed by atoms with Crippen molar-refractivity contribution < 1.29 is 9.53 Å². The van der Waals surface area contributed by atoms with E-state index < -0.39 is 0 Å². The second kappa shape index (κ2) is 4.76. The van der Waals surface area contributed by atoms with Crippen LogP contribution in [0.3, 0.4) is 0 Å². The summed E-state index contributed by atoms with van der Waals surface area (Å²) in [5.41, 5.74) is 2.36.